The van der Waals surface area contributed by atoms with Crippen LogP contribution in [0.25, 0.3) is 5.52 Å². The number of nitrogens with two attached hydrogens (primary N) is 1. The van der Waals surface area contributed by atoms with Gasteiger partial charge in [-0.2, -0.15) is 10.4 Å². The lowest BCUT2D eigenvalue weighted by atomic mass is 9.93. The second-order valence-corrected chi connectivity index (χ2v) is 7.88. The first-order chi connectivity index (χ1) is 15.2. The molecule has 2 rings (SSSR count). The molecule has 0 aliphatic carbocycles. The molecule has 0 bridgehead atoms. The largest absolute Gasteiger partial charge is 0.613 e. The molecule has 0 spiro atoms. The van der Waals surface area contributed by atoms with Crippen molar-refractivity contribution in [3.8, 4) is 6.07 Å². The molecule has 5 atom stereocenters. The van der Waals surface area contributed by atoms with Crippen molar-refractivity contribution in [1.82, 2.24) is 19.7 Å². The minimum Gasteiger partial charge on any atom is -0.464 e. The molecule has 2 aromatic heterocycles. The number of hydrogen-bond donors (Lipinski definition) is 4. The first-order valence-electron chi connectivity index (χ1n) is 9.64. The second-order valence-electron chi connectivity index (χ2n) is 6.84. The monoisotopic (exact) mass is 469 g/mol. The molecular weight excluding hydrogens is 443 g/mol. The molecule has 0 amide bonds. The highest BCUT2D eigenvalue weighted by molar-refractivity contribution is 7.36. The highest BCUT2D eigenvalue weighted by Gasteiger charge is 2.47. The molecule has 0 saturated carbocycles. The van der Waals surface area contributed by atoms with Gasteiger partial charge < -0.3 is 25.4 Å². The lowest BCUT2D eigenvalue weighted by Gasteiger charge is -2.31. The van der Waals surface area contributed by atoms with Gasteiger partial charge in [-0.1, -0.05) is 12.0 Å². The van der Waals surface area contributed by atoms with Crippen molar-refractivity contribution in [3.63, 3.8) is 0 Å². The van der Waals surface area contributed by atoms with Crippen molar-refractivity contribution < 1.29 is 33.6 Å². The minimum atomic E-state index is -2.63. The topological polar surface area (TPSA) is 194 Å². The summed E-state index contributed by atoms with van der Waals surface area (Å²) in [7, 11) is -1.50. The number of fused-ring (bicyclic) bond motifs is 1. The van der Waals surface area contributed by atoms with Crippen LogP contribution in [0.5, 0.6) is 0 Å². The van der Waals surface area contributed by atoms with E-state index in [-0.39, 0.29) is 18.1 Å². The highest BCUT2D eigenvalue weighted by atomic mass is 31.1. The fraction of sp³-hybridized carbons (Fsp3) is 0.556. The maximum Gasteiger partial charge on any atom is 0.613 e. The Bertz CT molecular complexity index is 996. The van der Waals surface area contributed by atoms with Crippen LogP contribution in [0, 0.1) is 11.3 Å². The van der Waals surface area contributed by atoms with Crippen LogP contribution in [0.1, 0.15) is 32.1 Å². The molecule has 0 saturated heterocycles. The lowest BCUT2D eigenvalue weighted by Crippen LogP contribution is -2.50. The van der Waals surface area contributed by atoms with E-state index in [1.165, 1.54) is 29.9 Å². The van der Waals surface area contributed by atoms with Crippen LogP contribution in [0.3, 0.4) is 0 Å². The second kappa shape index (κ2) is 11.2. The molecule has 0 aliphatic heterocycles. The van der Waals surface area contributed by atoms with Crippen LogP contribution in [0.15, 0.2) is 18.5 Å². The molecular formula is C18H26N6O7P+. The number of hydrogen-bond acceptors (Lipinski definition) is 11. The number of aliphatic hydroxyl groups is 2. The van der Waals surface area contributed by atoms with Gasteiger partial charge in [0.05, 0.1) is 12.3 Å². The Balaban J connectivity index is 2.11. The maximum absolute atomic E-state index is 12.2. The van der Waals surface area contributed by atoms with Crippen molar-refractivity contribution in [2.45, 2.75) is 44.1 Å². The van der Waals surface area contributed by atoms with E-state index in [9.17, 15) is 24.8 Å². The number of carbonyl (C=O) groups excluding carboxylic acids is 1. The summed E-state index contributed by atoms with van der Waals surface area (Å²) in [6, 6.07) is 3.82. The summed E-state index contributed by atoms with van der Waals surface area (Å²) in [6.07, 6.45) is -1.67. The molecule has 14 heteroatoms. The highest BCUT2D eigenvalue weighted by Crippen LogP contribution is 2.31. The number of rotatable bonds is 12. The zero-order chi connectivity index (χ0) is 23.9. The number of aromatic nitrogens is 3. The molecule has 32 heavy (non-hydrogen) atoms. The molecule has 13 nitrogen and oxygen atoms in total. The molecule has 0 aromatic carbocycles. The van der Waals surface area contributed by atoms with Crippen molar-refractivity contribution >= 4 is 25.5 Å². The molecule has 5 N–H and O–H groups in total. The number of nitriles is 1. The summed E-state index contributed by atoms with van der Waals surface area (Å²) < 4.78 is 28.7. The Morgan fingerprint density at radius 2 is 2.19 bits per heavy atom. The van der Waals surface area contributed by atoms with Crippen LogP contribution >= 0.6 is 8.18 Å². The van der Waals surface area contributed by atoms with Gasteiger partial charge in [0.1, 0.15) is 42.8 Å². The number of carbonyl (C=O) groups is 1. The van der Waals surface area contributed by atoms with E-state index in [0.29, 0.717) is 11.9 Å². The van der Waals surface area contributed by atoms with Gasteiger partial charge in [0.25, 0.3) is 0 Å². The summed E-state index contributed by atoms with van der Waals surface area (Å²) in [5, 5.41) is 37.5. The van der Waals surface area contributed by atoms with Gasteiger partial charge in [-0.15, -0.1) is 4.52 Å². The Hall–Kier alpha value is -2.72. The molecule has 1 unspecified atom stereocenters. The molecule has 2 heterocycles. The summed E-state index contributed by atoms with van der Waals surface area (Å²) in [4.78, 5) is 15.6. The predicted octanol–water partition coefficient (Wildman–Crippen LogP) is 0.220. The first-order valence-corrected chi connectivity index (χ1v) is 10.8. The van der Waals surface area contributed by atoms with Gasteiger partial charge in [-0.25, -0.2) is 9.50 Å². The van der Waals surface area contributed by atoms with E-state index in [1.54, 1.807) is 6.07 Å². The summed E-state index contributed by atoms with van der Waals surface area (Å²) in [5.74, 6) is -0.460. The van der Waals surface area contributed by atoms with Gasteiger partial charge in [0.15, 0.2) is 5.82 Å². The average Bonchev–Trinajstić information content (AvgIpc) is 3.23. The Morgan fingerprint density at radius 3 is 2.81 bits per heavy atom. The summed E-state index contributed by atoms with van der Waals surface area (Å²) in [5.41, 5.74) is 4.18. The fourth-order valence-corrected chi connectivity index (χ4v) is 3.56. The molecule has 2 aromatic rings. The van der Waals surface area contributed by atoms with Crippen LogP contribution in [-0.4, -0.2) is 68.9 Å². The first kappa shape index (κ1) is 25.5. The zero-order valence-corrected chi connectivity index (χ0v) is 18.7. The number of methoxy groups -OCH3 is 1. The number of anilines is 1. The van der Waals surface area contributed by atoms with Crippen molar-refractivity contribution in [2.24, 2.45) is 0 Å². The molecule has 0 radical (unpaired) electrons. The van der Waals surface area contributed by atoms with E-state index in [1.807, 2.05) is 6.92 Å². The van der Waals surface area contributed by atoms with Gasteiger partial charge in [-0.05, 0) is 30.0 Å². The third-order valence-electron chi connectivity index (χ3n) is 4.64. The smallest absolute Gasteiger partial charge is 0.464 e. The van der Waals surface area contributed by atoms with E-state index >= 15 is 0 Å². The third-order valence-corrected chi connectivity index (χ3v) is 5.60. The Morgan fingerprint density at radius 1 is 1.47 bits per heavy atom. The van der Waals surface area contributed by atoms with E-state index < -0.39 is 44.6 Å². The number of aliphatic hydroxyl groups excluding tert-OH is 2. The minimum absolute atomic E-state index is 0.119. The van der Waals surface area contributed by atoms with Gasteiger partial charge in [-0.3, -0.25) is 4.79 Å². The summed E-state index contributed by atoms with van der Waals surface area (Å²) >= 11 is 0. The van der Waals surface area contributed by atoms with Crippen molar-refractivity contribution in [1.29, 1.82) is 5.26 Å². The van der Waals surface area contributed by atoms with Crippen LogP contribution < -0.4 is 10.8 Å². The van der Waals surface area contributed by atoms with Crippen LogP contribution in [-0.2, 0) is 23.4 Å². The van der Waals surface area contributed by atoms with Gasteiger partial charge >= 0.3 is 14.1 Å². The lowest BCUT2D eigenvalue weighted by molar-refractivity contribution is -0.145. The maximum atomic E-state index is 12.2. The number of ether oxygens (including phenoxy) is 2. The number of esters is 1. The Labute approximate surface area is 185 Å². The summed E-state index contributed by atoms with van der Waals surface area (Å²) in [6.45, 7) is 2.81. The molecule has 174 valence electrons. The van der Waals surface area contributed by atoms with E-state index in [2.05, 4.69) is 15.2 Å². The molecule has 0 aliphatic rings. The Kier molecular flexibility index (Phi) is 8.97. The normalized spacial score (nSPS) is 16.6. The molecule has 0 fully saturated rings. The van der Waals surface area contributed by atoms with Crippen LogP contribution in [0.2, 0.25) is 0 Å². The fourth-order valence-electron chi connectivity index (χ4n) is 2.75. The average molecular weight is 469 g/mol. The zero-order valence-electron chi connectivity index (χ0n) is 17.8. The number of nitrogen functional groups attached to an aromatic ring is 1. The van der Waals surface area contributed by atoms with E-state index in [0.717, 1.165) is 7.11 Å². The van der Waals surface area contributed by atoms with E-state index in [4.69, 9.17) is 19.7 Å². The predicted molar refractivity (Wildman–Crippen MR) is 111 cm³/mol. The van der Waals surface area contributed by atoms with Gasteiger partial charge in [0.2, 0.25) is 5.60 Å². The number of nitrogens with zero attached hydrogens (tertiary/aromatic N) is 4. The van der Waals surface area contributed by atoms with Crippen molar-refractivity contribution in [3.05, 3.63) is 24.2 Å². The van der Waals surface area contributed by atoms with Crippen molar-refractivity contribution in [2.75, 3.05) is 26.1 Å². The third kappa shape index (κ3) is 5.55. The SMILES string of the molecule is CCCOC(=O)[C@H](C)N[P+](=O)OC[C@@](C#N)(OC)[C@@H](O)[C@@H](O)c1ccc2c(N)ncnn12. The number of nitrogens with one attached hydrogen (secondary N) is 1. The quantitative estimate of drug-likeness (QED) is 0.244. The van der Waals surface area contributed by atoms with Gasteiger partial charge in [0, 0.05) is 7.11 Å². The van der Waals surface area contributed by atoms with Crippen LogP contribution in [0.4, 0.5) is 5.82 Å². The standard InChI is InChI=1S/C18H26N6O7P/c1-4-7-30-17(27)11(2)23-32(28)31-9-18(8-19,29-3)15(26)14(25)12-5-6-13-16(20)21-10-22-24(12)13/h5-6,10-11,14-15,25-26H,4,7,9H2,1-3H3,(H,23,28)(H2,20,21,22)/q+1/t11-,14-,15-,18+/m0/s1.